The fourth-order valence-corrected chi connectivity index (χ4v) is 3.48. The minimum Gasteiger partial charge on any atom is -0.379 e. The molecule has 1 aromatic heterocycles. The van der Waals surface area contributed by atoms with Crippen LogP contribution in [0.3, 0.4) is 0 Å². The molecule has 1 aliphatic carbocycles. The molecule has 7 heteroatoms. The van der Waals surface area contributed by atoms with E-state index in [4.69, 9.17) is 4.74 Å². The monoisotopic (exact) mass is 306 g/mol. The largest absolute Gasteiger partial charge is 0.379 e. The molecule has 2 fully saturated rings. The second-order valence-corrected chi connectivity index (χ2v) is 6.55. The van der Waals surface area contributed by atoms with E-state index < -0.39 is 0 Å². The van der Waals surface area contributed by atoms with Gasteiger partial charge in [-0.1, -0.05) is 13.8 Å². The van der Waals surface area contributed by atoms with Crippen LogP contribution in [0.25, 0.3) is 0 Å². The van der Waals surface area contributed by atoms with Crippen molar-refractivity contribution in [2.75, 3.05) is 31.6 Å². The number of morpholine rings is 1. The van der Waals surface area contributed by atoms with E-state index in [0.717, 1.165) is 32.7 Å². The molecule has 0 bridgehead atoms. The van der Waals surface area contributed by atoms with Crippen LogP contribution in [0.1, 0.15) is 20.3 Å². The Morgan fingerprint density at radius 3 is 2.82 bits per heavy atom. The Labute approximate surface area is 129 Å². The minimum atomic E-state index is -0.388. The van der Waals surface area contributed by atoms with Crippen molar-refractivity contribution in [1.29, 1.82) is 0 Å². The highest BCUT2D eigenvalue weighted by Gasteiger charge is 2.51. The second kappa shape index (κ2) is 5.81. The van der Waals surface area contributed by atoms with E-state index >= 15 is 0 Å². The molecular formula is C15H22N4O3. The van der Waals surface area contributed by atoms with Crippen molar-refractivity contribution in [3.8, 4) is 0 Å². The maximum Gasteiger partial charge on any atom is 0.311 e. The van der Waals surface area contributed by atoms with Crippen LogP contribution < -0.4 is 5.32 Å². The summed E-state index contributed by atoms with van der Waals surface area (Å²) in [5.74, 6) is 0.367. The number of nitrogens with one attached hydrogen (secondary N) is 1. The summed E-state index contributed by atoms with van der Waals surface area (Å²) < 4.78 is 5.41. The van der Waals surface area contributed by atoms with Gasteiger partial charge in [-0.3, -0.25) is 15.0 Å². The highest BCUT2D eigenvalue weighted by molar-refractivity contribution is 5.56. The van der Waals surface area contributed by atoms with Gasteiger partial charge in [0.05, 0.1) is 18.1 Å². The van der Waals surface area contributed by atoms with Gasteiger partial charge in [-0.2, -0.15) is 0 Å². The minimum absolute atomic E-state index is 0.0353. The number of hydrogen-bond acceptors (Lipinski definition) is 6. The van der Waals surface area contributed by atoms with Gasteiger partial charge in [-0.25, -0.2) is 4.98 Å². The summed E-state index contributed by atoms with van der Waals surface area (Å²) in [5.41, 5.74) is 0.0797. The highest BCUT2D eigenvalue weighted by atomic mass is 16.6. The van der Waals surface area contributed by atoms with Crippen molar-refractivity contribution >= 4 is 11.5 Å². The zero-order chi connectivity index (χ0) is 15.7. The van der Waals surface area contributed by atoms with Crippen LogP contribution in [-0.4, -0.2) is 53.2 Å². The summed E-state index contributed by atoms with van der Waals surface area (Å²) in [4.78, 5) is 17.3. The summed E-state index contributed by atoms with van der Waals surface area (Å²) in [6, 6.07) is 3.75. The third kappa shape index (κ3) is 2.66. The molecule has 0 spiro atoms. The topological polar surface area (TPSA) is 80.5 Å². The normalized spacial score (nSPS) is 27.9. The summed E-state index contributed by atoms with van der Waals surface area (Å²) in [7, 11) is 0. The molecule has 1 aromatic rings. The second-order valence-electron chi connectivity index (χ2n) is 6.55. The number of aromatic nitrogens is 1. The lowest BCUT2D eigenvalue weighted by Crippen LogP contribution is -2.65. The van der Waals surface area contributed by atoms with Crippen molar-refractivity contribution in [3.05, 3.63) is 28.4 Å². The number of ether oxygens (including phenoxy) is 1. The Bertz CT molecular complexity index is 557. The molecule has 0 amide bonds. The fourth-order valence-electron chi connectivity index (χ4n) is 3.48. The maximum atomic E-state index is 11.1. The zero-order valence-corrected chi connectivity index (χ0v) is 13.0. The van der Waals surface area contributed by atoms with E-state index in [1.54, 1.807) is 12.3 Å². The number of pyridine rings is 1. The Morgan fingerprint density at radius 2 is 2.18 bits per heavy atom. The lowest BCUT2D eigenvalue weighted by molar-refractivity contribution is -0.384. The first kappa shape index (κ1) is 15.2. The first-order chi connectivity index (χ1) is 10.5. The van der Waals surface area contributed by atoms with Crippen LogP contribution in [-0.2, 0) is 4.74 Å². The molecule has 1 aliphatic heterocycles. The van der Waals surface area contributed by atoms with Crippen LogP contribution in [0.2, 0.25) is 0 Å². The summed E-state index contributed by atoms with van der Waals surface area (Å²) in [6.07, 6.45) is 2.56. The number of rotatable bonds is 4. The van der Waals surface area contributed by atoms with E-state index in [2.05, 4.69) is 29.0 Å². The van der Waals surface area contributed by atoms with Gasteiger partial charge in [0.1, 0.15) is 0 Å². The van der Waals surface area contributed by atoms with Crippen LogP contribution in [0.4, 0.5) is 11.5 Å². The molecule has 2 atom stereocenters. The fraction of sp³-hybridized carbons (Fsp3) is 0.667. The average molecular weight is 306 g/mol. The van der Waals surface area contributed by atoms with Crippen molar-refractivity contribution in [2.24, 2.45) is 5.41 Å². The molecule has 2 unspecified atom stereocenters. The third-order valence-electron chi connectivity index (χ3n) is 5.00. The smallest absolute Gasteiger partial charge is 0.311 e. The molecule has 0 radical (unpaired) electrons. The third-order valence-corrected chi connectivity index (χ3v) is 5.00. The molecule has 0 aromatic carbocycles. The first-order valence-electron chi connectivity index (χ1n) is 7.68. The molecule has 1 saturated heterocycles. The van der Waals surface area contributed by atoms with E-state index in [1.165, 1.54) is 6.07 Å². The highest BCUT2D eigenvalue weighted by Crippen LogP contribution is 2.46. The van der Waals surface area contributed by atoms with Gasteiger partial charge in [0.2, 0.25) is 5.82 Å². The van der Waals surface area contributed by atoms with Gasteiger partial charge in [0, 0.05) is 42.9 Å². The number of hydrogen-bond donors (Lipinski definition) is 1. The number of nitrogens with zero attached hydrogens (tertiary/aromatic N) is 3. The van der Waals surface area contributed by atoms with Gasteiger partial charge in [0.25, 0.3) is 0 Å². The summed E-state index contributed by atoms with van der Waals surface area (Å²) in [6.45, 7) is 7.92. The molecule has 22 heavy (non-hydrogen) atoms. The number of anilines is 1. The summed E-state index contributed by atoms with van der Waals surface area (Å²) in [5, 5.41) is 14.4. The summed E-state index contributed by atoms with van der Waals surface area (Å²) >= 11 is 0. The van der Waals surface area contributed by atoms with Gasteiger partial charge in [0.15, 0.2) is 0 Å². The van der Waals surface area contributed by atoms with Crippen LogP contribution in [0, 0.1) is 15.5 Å². The van der Waals surface area contributed by atoms with Gasteiger partial charge in [-0.05, 0) is 12.5 Å². The lowest BCUT2D eigenvalue weighted by atomic mass is 9.62. The van der Waals surface area contributed by atoms with Crippen LogP contribution in [0.5, 0.6) is 0 Å². The molecule has 2 aliphatic rings. The molecule has 1 saturated carbocycles. The lowest BCUT2D eigenvalue weighted by Gasteiger charge is -2.57. The van der Waals surface area contributed by atoms with Crippen molar-refractivity contribution in [2.45, 2.75) is 32.4 Å². The average Bonchev–Trinajstić information content (AvgIpc) is 2.52. The Morgan fingerprint density at radius 1 is 1.45 bits per heavy atom. The van der Waals surface area contributed by atoms with Crippen molar-refractivity contribution in [1.82, 2.24) is 9.88 Å². The molecule has 7 nitrogen and oxygen atoms in total. The predicted octanol–water partition coefficient (Wildman–Crippen LogP) is 1.90. The van der Waals surface area contributed by atoms with E-state index in [0.29, 0.717) is 11.9 Å². The van der Waals surface area contributed by atoms with Gasteiger partial charge in [-0.15, -0.1) is 0 Å². The van der Waals surface area contributed by atoms with E-state index in [1.807, 2.05) is 0 Å². The van der Waals surface area contributed by atoms with Crippen LogP contribution >= 0.6 is 0 Å². The Hall–Kier alpha value is -1.73. The zero-order valence-electron chi connectivity index (χ0n) is 13.0. The van der Waals surface area contributed by atoms with Crippen LogP contribution in [0.15, 0.2) is 18.3 Å². The molecule has 2 heterocycles. The Kier molecular flexibility index (Phi) is 4.01. The molecular weight excluding hydrogens is 284 g/mol. The van der Waals surface area contributed by atoms with Crippen molar-refractivity contribution in [3.63, 3.8) is 0 Å². The number of nitro groups is 1. The quantitative estimate of drug-likeness (QED) is 0.676. The van der Waals surface area contributed by atoms with E-state index in [-0.39, 0.29) is 22.1 Å². The van der Waals surface area contributed by atoms with E-state index in [9.17, 15) is 10.1 Å². The SMILES string of the molecule is CC1(C)C(Nc2ncccc2[N+](=O)[O-])CC1N1CCOCC1. The Balaban J connectivity index is 1.69. The molecule has 120 valence electrons. The first-order valence-corrected chi connectivity index (χ1v) is 7.68. The predicted molar refractivity (Wildman–Crippen MR) is 82.9 cm³/mol. The van der Waals surface area contributed by atoms with Crippen molar-refractivity contribution < 1.29 is 9.66 Å². The molecule has 3 rings (SSSR count). The molecule has 1 N–H and O–H groups in total. The van der Waals surface area contributed by atoms with Gasteiger partial charge < -0.3 is 10.1 Å². The standard InChI is InChI=1S/C15H22N4O3/c1-15(2)12(10-13(15)18-6-8-22-9-7-18)17-14-11(19(20)21)4-3-5-16-14/h3-5,12-13H,6-10H2,1-2H3,(H,16,17). The maximum absolute atomic E-state index is 11.1. The van der Waals surface area contributed by atoms with Gasteiger partial charge >= 0.3 is 5.69 Å².